The lowest BCUT2D eigenvalue weighted by Crippen LogP contribution is -2.45. The average molecular weight is 216 g/mol. The molecule has 0 saturated carbocycles. The fraction of sp³-hybridized carbons (Fsp3) is 0.778. The number of piperidine rings is 1. The molecule has 0 unspecified atom stereocenters. The molecule has 1 heterocycles. The summed E-state index contributed by atoms with van der Waals surface area (Å²) in [6.07, 6.45) is 0.800. The first-order valence-electron chi connectivity index (χ1n) is 5.02. The van der Waals surface area contributed by atoms with Gasteiger partial charge in [-0.1, -0.05) is 0 Å². The number of carbonyl (C=O) groups excluding carboxylic acids is 1. The van der Waals surface area contributed by atoms with Crippen molar-refractivity contribution >= 4 is 12.0 Å². The third kappa shape index (κ3) is 4.16. The molecule has 86 valence electrons. The van der Waals surface area contributed by atoms with Crippen molar-refractivity contribution in [1.82, 2.24) is 10.2 Å². The Bertz CT molecular complexity index is 236. The monoisotopic (exact) mass is 216 g/mol. The fourth-order valence-corrected chi connectivity index (χ4v) is 1.46. The van der Waals surface area contributed by atoms with Crippen LogP contribution in [0.15, 0.2) is 0 Å². The number of carboxylic acids is 1. The predicted octanol–water partition coefficient (Wildman–Crippen LogP) is -0.373. The molecule has 0 aromatic heterocycles. The highest BCUT2D eigenvalue weighted by Gasteiger charge is 2.20. The summed E-state index contributed by atoms with van der Waals surface area (Å²) < 4.78 is 0. The van der Waals surface area contributed by atoms with E-state index in [9.17, 15) is 14.7 Å². The fourth-order valence-electron chi connectivity index (χ4n) is 1.46. The Hall–Kier alpha value is -1.30. The number of urea groups is 1. The molecule has 2 amide bonds. The van der Waals surface area contributed by atoms with Gasteiger partial charge in [-0.2, -0.15) is 0 Å². The maximum Gasteiger partial charge on any atom is 0.317 e. The summed E-state index contributed by atoms with van der Waals surface area (Å²) in [7, 11) is 0. The Kier molecular flexibility index (Phi) is 4.36. The van der Waals surface area contributed by atoms with E-state index in [2.05, 4.69) is 5.32 Å². The number of aliphatic carboxylic acids is 1. The molecule has 0 bridgehead atoms. The highest BCUT2D eigenvalue weighted by atomic mass is 16.4. The zero-order valence-electron chi connectivity index (χ0n) is 8.48. The van der Waals surface area contributed by atoms with E-state index >= 15 is 0 Å². The number of amides is 2. The molecular weight excluding hydrogens is 200 g/mol. The van der Waals surface area contributed by atoms with Gasteiger partial charge < -0.3 is 20.4 Å². The second kappa shape index (κ2) is 5.55. The van der Waals surface area contributed by atoms with E-state index in [1.54, 1.807) is 4.90 Å². The zero-order chi connectivity index (χ0) is 11.3. The van der Waals surface area contributed by atoms with Gasteiger partial charge in [-0.15, -0.1) is 0 Å². The van der Waals surface area contributed by atoms with Gasteiger partial charge in [0.15, 0.2) is 0 Å². The van der Waals surface area contributed by atoms with Crippen molar-refractivity contribution in [2.75, 3.05) is 19.6 Å². The molecule has 3 N–H and O–H groups in total. The summed E-state index contributed by atoms with van der Waals surface area (Å²) in [6, 6.07) is -0.247. The maximum absolute atomic E-state index is 11.4. The molecule has 0 spiro atoms. The molecule has 0 aromatic carbocycles. The molecule has 1 fully saturated rings. The van der Waals surface area contributed by atoms with Crippen LogP contribution in [0.5, 0.6) is 0 Å². The lowest BCUT2D eigenvalue weighted by Gasteiger charge is -2.29. The molecule has 0 aliphatic carbocycles. The van der Waals surface area contributed by atoms with E-state index in [1.165, 1.54) is 0 Å². The van der Waals surface area contributed by atoms with E-state index in [1.807, 2.05) is 0 Å². The zero-order valence-corrected chi connectivity index (χ0v) is 8.48. The Balaban J connectivity index is 2.19. The number of rotatable bonds is 3. The van der Waals surface area contributed by atoms with Crippen LogP contribution in [0.1, 0.15) is 19.3 Å². The second-order valence-electron chi connectivity index (χ2n) is 3.59. The first-order chi connectivity index (χ1) is 7.09. The minimum absolute atomic E-state index is 0.0673. The first kappa shape index (κ1) is 11.8. The van der Waals surface area contributed by atoms with Crippen molar-refractivity contribution in [2.24, 2.45) is 0 Å². The van der Waals surface area contributed by atoms with Crippen LogP contribution in [0.2, 0.25) is 0 Å². The third-order valence-corrected chi connectivity index (χ3v) is 2.37. The number of aliphatic hydroxyl groups is 1. The van der Waals surface area contributed by atoms with Crippen molar-refractivity contribution in [3.05, 3.63) is 0 Å². The summed E-state index contributed by atoms with van der Waals surface area (Å²) >= 11 is 0. The Labute approximate surface area is 87.9 Å². The first-order valence-corrected chi connectivity index (χ1v) is 5.02. The lowest BCUT2D eigenvalue weighted by atomic mass is 10.1. The average Bonchev–Trinajstić information content (AvgIpc) is 2.18. The van der Waals surface area contributed by atoms with Crippen molar-refractivity contribution in [2.45, 2.75) is 25.4 Å². The van der Waals surface area contributed by atoms with Crippen LogP contribution in [0.4, 0.5) is 4.79 Å². The molecule has 0 radical (unpaired) electrons. The number of nitrogens with one attached hydrogen (secondary N) is 1. The maximum atomic E-state index is 11.4. The SMILES string of the molecule is O=C(O)CCNC(=O)N1CCC(O)CC1. The smallest absolute Gasteiger partial charge is 0.317 e. The van der Waals surface area contributed by atoms with E-state index in [4.69, 9.17) is 5.11 Å². The van der Waals surface area contributed by atoms with Crippen LogP contribution in [-0.4, -0.2) is 52.9 Å². The molecule has 1 rings (SSSR count). The number of likely N-dealkylation sites (tertiary alicyclic amines) is 1. The highest BCUT2D eigenvalue weighted by Crippen LogP contribution is 2.09. The van der Waals surface area contributed by atoms with Crippen LogP contribution >= 0.6 is 0 Å². The van der Waals surface area contributed by atoms with E-state index in [0.717, 1.165) is 0 Å². The van der Waals surface area contributed by atoms with E-state index < -0.39 is 5.97 Å². The minimum atomic E-state index is -0.927. The summed E-state index contributed by atoms with van der Waals surface area (Å²) in [5.74, 6) is -0.927. The highest BCUT2D eigenvalue weighted by molar-refractivity contribution is 5.75. The molecule has 6 heteroatoms. The molecule has 0 atom stereocenters. The second-order valence-corrected chi connectivity index (χ2v) is 3.59. The van der Waals surface area contributed by atoms with Crippen molar-refractivity contribution in [1.29, 1.82) is 0 Å². The standard InChI is InChI=1S/C9H16N2O4/c12-7-2-5-11(6-3-7)9(15)10-4-1-8(13)14/h7,12H,1-6H2,(H,10,15)(H,13,14). The van der Waals surface area contributed by atoms with E-state index in [-0.39, 0.29) is 25.1 Å². The Morgan fingerprint density at radius 3 is 2.47 bits per heavy atom. The van der Waals surface area contributed by atoms with E-state index in [0.29, 0.717) is 25.9 Å². The number of carboxylic acid groups (broad SMARTS) is 1. The number of aliphatic hydroxyl groups excluding tert-OH is 1. The number of carbonyl (C=O) groups is 2. The number of hydrogen-bond donors (Lipinski definition) is 3. The van der Waals surface area contributed by atoms with Crippen molar-refractivity contribution in [3.8, 4) is 0 Å². The number of hydrogen-bond acceptors (Lipinski definition) is 3. The quantitative estimate of drug-likeness (QED) is 0.600. The largest absolute Gasteiger partial charge is 0.481 e. The van der Waals surface area contributed by atoms with Gasteiger partial charge in [0.05, 0.1) is 12.5 Å². The lowest BCUT2D eigenvalue weighted by molar-refractivity contribution is -0.136. The van der Waals surface area contributed by atoms with Gasteiger partial charge in [-0.3, -0.25) is 4.79 Å². The molecule has 1 saturated heterocycles. The normalized spacial score (nSPS) is 17.5. The minimum Gasteiger partial charge on any atom is -0.481 e. The molecule has 1 aliphatic heterocycles. The molecule has 1 aliphatic rings. The van der Waals surface area contributed by atoms with Gasteiger partial charge in [-0.25, -0.2) is 4.79 Å². The summed E-state index contributed by atoms with van der Waals surface area (Å²) in [6.45, 7) is 1.20. The Morgan fingerprint density at radius 2 is 1.93 bits per heavy atom. The van der Waals surface area contributed by atoms with Crippen molar-refractivity contribution in [3.63, 3.8) is 0 Å². The summed E-state index contributed by atoms with van der Waals surface area (Å²) in [5.41, 5.74) is 0. The molecule has 15 heavy (non-hydrogen) atoms. The van der Waals surface area contributed by atoms with Crippen LogP contribution in [0.25, 0.3) is 0 Å². The van der Waals surface area contributed by atoms with Crippen LogP contribution < -0.4 is 5.32 Å². The summed E-state index contributed by atoms with van der Waals surface area (Å²) in [4.78, 5) is 23.2. The van der Waals surface area contributed by atoms with Gasteiger partial charge in [0.2, 0.25) is 0 Å². The summed E-state index contributed by atoms with van der Waals surface area (Å²) in [5, 5.41) is 20.1. The molecule has 6 nitrogen and oxygen atoms in total. The van der Waals surface area contributed by atoms with Gasteiger partial charge in [0.1, 0.15) is 0 Å². The van der Waals surface area contributed by atoms with Gasteiger partial charge in [-0.05, 0) is 12.8 Å². The topological polar surface area (TPSA) is 89.9 Å². The predicted molar refractivity (Wildman–Crippen MR) is 52.5 cm³/mol. The van der Waals surface area contributed by atoms with Crippen LogP contribution in [0.3, 0.4) is 0 Å². The van der Waals surface area contributed by atoms with Crippen LogP contribution in [-0.2, 0) is 4.79 Å². The molecular formula is C9H16N2O4. The van der Waals surface area contributed by atoms with Gasteiger partial charge in [0, 0.05) is 19.6 Å². The van der Waals surface area contributed by atoms with Gasteiger partial charge in [0.25, 0.3) is 0 Å². The number of nitrogens with zero attached hydrogens (tertiary/aromatic N) is 1. The Morgan fingerprint density at radius 1 is 1.33 bits per heavy atom. The molecule has 0 aromatic rings. The third-order valence-electron chi connectivity index (χ3n) is 2.37. The van der Waals surface area contributed by atoms with Crippen molar-refractivity contribution < 1.29 is 19.8 Å². The van der Waals surface area contributed by atoms with Crippen LogP contribution in [0, 0.1) is 0 Å². The van der Waals surface area contributed by atoms with Gasteiger partial charge >= 0.3 is 12.0 Å².